The zero-order chi connectivity index (χ0) is 15.7. The van der Waals surface area contributed by atoms with E-state index in [4.69, 9.17) is 0 Å². The molecule has 22 heavy (non-hydrogen) atoms. The molecule has 1 aliphatic heterocycles. The smallest absolute Gasteiger partial charge is 0.240 e. The highest BCUT2D eigenvalue weighted by molar-refractivity contribution is 6.07. The SMILES string of the molecule is CN(CCNC(=O)CN1C(=O)C2CCCCC2C1=O)C1CC1. The van der Waals surface area contributed by atoms with Crippen LogP contribution in [0.15, 0.2) is 0 Å². The highest BCUT2D eigenvalue weighted by Crippen LogP contribution is 2.37. The molecule has 0 radical (unpaired) electrons. The lowest BCUT2D eigenvalue weighted by molar-refractivity contribution is -0.143. The van der Waals surface area contributed by atoms with Crippen LogP contribution in [-0.2, 0) is 14.4 Å². The number of likely N-dealkylation sites (N-methyl/N-ethyl adjacent to an activating group) is 1. The Balaban J connectivity index is 1.46. The first-order chi connectivity index (χ1) is 10.6. The van der Waals surface area contributed by atoms with Crippen LogP contribution in [0, 0.1) is 11.8 Å². The molecule has 2 unspecified atom stereocenters. The maximum absolute atomic E-state index is 12.3. The van der Waals surface area contributed by atoms with Gasteiger partial charge in [0.05, 0.1) is 11.8 Å². The Bertz CT molecular complexity index is 451. The van der Waals surface area contributed by atoms with Gasteiger partial charge in [-0.2, -0.15) is 0 Å². The summed E-state index contributed by atoms with van der Waals surface area (Å²) in [5.74, 6) is -0.852. The Morgan fingerprint density at radius 1 is 1.14 bits per heavy atom. The molecule has 0 aromatic carbocycles. The van der Waals surface area contributed by atoms with Crippen LogP contribution in [0.1, 0.15) is 38.5 Å². The second kappa shape index (κ2) is 6.36. The number of amides is 3. The third-order valence-corrected chi connectivity index (χ3v) is 5.19. The van der Waals surface area contributed by atoms with Crippen molar-refractivity contribution in [2.45, 2.75) is 44.6 Å². The number of nitrogens with zero attached hydrogens (tertiary/aromatic N) is 2. The Morgan fingerprint density at radius 2 is 1.73 bits per heavy atom. The molecule has 6 nitrogen and oxygen atoms in total. The molecule has 3 rings (SSSR count). The summed E-state index contributed by atoms with van der Waals surface area (Å²) in [6, 6.07) is 0.668. The summed E-state index contributed by atoms with van der Waals surface area (Å²) < 4.78 is 0. The minimum absolute atomic E-state index is 0.113. The lowest BCUT2D eigenvalue weighted by Gasteiger charge is -2.19. The first kappa shape index (κ1) is 15.5. The molecule has 2 saturated carbocycles. The highest BCUT2D eigenvalue weighted by atomic mass is 16.2. The fraction of sp³-hybridized carbons (Fsp3) is 0.812. The molecule has 1 heterocycles. The molecule has 1 saturated heterocycles. The van der Waals surface area contributed by atoms with Gasteiger partial charge in [-0.1, -0.05) is 12.8 Å². The maximum Gasteiger partial charge on any atom is 0.240 e. The minimum atomic E-state index is -0.232. The number of carbonyl (C=O) groups excluding carboxylic acids is 3. The third kappa shape index (κ3) is 3.16. The molecule has 0 spiro atoms. The average molecular weight is 307 g/mol. The minimum Gasteiger partial charge on any atom is -0.353 e. The topological polar surface area (TPSA) is 69.7 Å². The van der Waals surface area contributed by atoms with Crippen LogP contribution in [0.5, 0.6) is 0 Å². The molecule has 6 heteroatoms. The molecular formula is C16H25N3O3. The van der Waals surface area contributed by atoms with Crippen molar-refractivity contribution >= 4 is 17.7 Å². The molecule has 3 amide bonds. The van der Waals surface area contributed by atoms with Gasteiger partial charge in [-0.15, -0.1) is 0 Å². The molecule has 3 aliphatic rings. The number of likely N-dealkylation sites (tertiary alicyclic amines) is 1. The van der Waals surface area contributed by atoms with Crippen molar-refractivity contribution in [2.24, 2.45) is 11.8 Å². The lowest BCUT2D eigenvalue weighted by atomic mass is 9.81. The molecule has 0 bridgehead atoms. The summed E-state index contributed by atoms with van der Waals surface area (Å²) in [6.45, 7) is 1.26. The van der Waals surface area contributed by atoms with Crippen molar-refractivity contribution in [2.75, 3.05) is 26.7 Å². The van der Waals surface area contributed by atoms with E-state index in [9.17, 15) is 14.4 Å². The third-order valence-electron chi connectivity index (χ3n) is 5.19. The van der Waals surface area contributed by atoms with Gasteiger partial charge in [0, 0.05) is 19.1 Å². The van der Waals surface area contributed by atoms with Crippen molar-refractivity contribution in [1.82, 2.24) is 15.1 Å². The average Bonchev–Trinajstić information content (AvgIpc) is 3.33. The van der Waals surface area contributed by atoms with E-state index in [1.807, 2.05) is 0 Å². The Labute approximate surface area is 131 Å². The number of rotatable bonds is 6. The largest absolute Gasteiger partial charge is 0.353 e. The summed E-state index contributed by atoms with van der Waals surface area (Å²) >= 11 is 0. The predicted octanol–water partition coefficient (Wildman–Crippen LogP) is 0.372. The number of hydrogen-bond acceptors (Lipinski definition) is 4. The predicted molar refractivity (Wildman–Crippen MR) is 80.8 cm³/mol. The van der Waals surface area contributed by atoms with E-state index in [1.54, 1.807) is 0 Å². The van der Waals surface area contributed by atoms with Crippen LogP contribution in [0.4, 0.5) is 0 Å². The van der Waals surface area contributed by atoms with Crippen molar-refractivity contribution in [3.63, 3.8) is 0 Å². The van der Waals surface area contributed by atoms with Crippen LogP contribution in [0.3, 0.4) is 0 Å². The van der Waals surface area contributed by atoms with Crippen molar-refractivity contribution in [1.29, 1.82) is 0 Å². The van der Waals surface area contributed by atoms with Crippen LogP contribution in [0.25, 0.3) is 0 Å². The zero-order valence-corrected chi connectivity index (χ0v) is 13.2. The van der Waals surface area contributed by atoms with Gasteiger partial charge < -0.3 is 10.2 Å². The molecule has 0 aromatic heterocycles. The lowest BCUT2D eigenvalue weighted by Crippen LogP contribution is -2.43. The van der Waals surface area contributed by atoms with Gasteiger partial charge in [-0.3, -0.25) is 19.3 Å². The van der Waals surface area contributed by atoms with Crippen LogP contribution in [-0.4, -0.2) is 60.2 Å². The number of hydrogen-bond donors (Lipinski definition) is 1. The molecular weight excluding hydrogens is 282 g/mol. The van der Waals surface area contributed by atoms with E-state index in [-0.39, 0.29) is 36.1 Å². The zero-order valence-electron chi connectivity index (χ0n) is 13.2. The summed E-state index contributed by atoms with van der Waals surface area (Å²) in [6.07, 6.45) is 6.08. The van der Waals surface area contributed by atoms with Crippen molar-refractivity contribution in [3.05, 3.63) is 0 Å². The molecule has 1 N–H and O–H groups in total. The van der Waals surface area contributed by atoms with E-state index >= 15 is 0 Å². The van der Waals surface area contributed by atoms with Gasteiger partial charge in [0.2, 0.25) is 17.7 Å². The second-order valence-electron chi connectivity index (χ2n) is 6.82. The van der Waals surface area contributed by atoms with E-state index < -0.39 is 0 Å². The van der Waals surface area contributed by atoms with E-state index in [2.05, 4.69) is 17.3 Å². The second-order valence-corrected chi connectivity index (χ2v) is 6.82. The van der Waals surface area contributed by atoms with Gasteiger partial charge in [-0.05, 0) is 32.7 Å². The van der Waals surface area contributed by atoms with Gasteiger partial charge in [0.1, 0.15) is 6.54 Å². The number of carbonyl (C=O) groups is 3. The number of fused-ring (bicyclic) bond motifs is 1. The molecule has 0 aromatic rings. The monoisotopic (exact) mass is 307 g/mol. The standard InChI is InChI=1S/C16H25N3O3/c1-18(11-6-7-11)9-8-17-14(20)10-19-15(21)12-4-2-3-5-13(12)16(19)22/h11-13H,2-10H2,1H3,(H,17,20). The van der Waals surface area contributed by atoms with E-state index in [1.165, 1.54) is 17.7 Å². The molecule has 2 aliphatic carbocycles. The molecule has 122 valence electrons. The Hall–Kier alpha value is -1.43. The summed E-state index contributed by atoms with van der Waals surface area (Å²) in [5, 5.41) is 2.82. The normalized spacial score (nSPS) is 28.2. The van der Waals surface area contributed by atoms with E-state index in [0.717, 1.165) is 32.2 Å². The van der Waals surface area contributed by atoms with Crippen LogP contribution >= 0.6 is 0 Å². The summed E-state index contributed by atoms with van der Waals surface area (Å²) in [4.78, 5) is 40.0. The number of imide groups is 1. The number of nitrogens with one attached hydrogen (secondary N) is 1. The fourth-order valence-electron chi connectivity index (χ4n) is 3.66. The Kier molecular flexibility index (Phi) is 4.47. The van der Waals surface area contributed by atoms with Crippen molar-refractivity contribution < 1.29 is 14.4 Å². The maximum atomic E-state index is 12.3. The summed E-state index contributed by atoms with van der Waals surface area (Å²) in [7, 11) is 2.06. The van der Waals surface area contributed by atoms with Gasteiger partial charge in [0.15, 0.2) is 0 Å². The van der Waals surface area contributed by atoms with Gasteiger partial charge in [0.25, 0.3) is 0 Å². The van der Waals surface area contributed by atoms with Gasteiger partial charge in [-0.25, -0.2) is 0 Å². The first-order valence-electron chi connectivity index (χ1n) is 8.40. The fourth-order valence-corrected chi connectivity index (χ4v) is 3.66. The first-order valence-corrected chi connectivity index (χ1v) is 8.40. The van der Waals surface area contributed by atoms with Crippen LogP contribution < -0.4 is 5.32 Å². The van der Waals surface area contributed by atoms with Gasteiger partial charge >= 0.3 is 0 Å². The summed E-state index contributed by atoms with van der Waals surface area (Å²) in [5.41, 5.74) is 0. The Morgan fingerprint density at radius 3 is 2.27 bits per heavy atom. The molecule has 2 atom stereocenters. The quantitative estimate of drug-likeness (QED) is 0.720. The van der Waals surface area contributed by atoms with E-state index in [0.29, 0.717) is 12.6 Å². The van der Waals surface area contributed by atoms with Crippen molar-refractivity contribution in [3.8, 4) is 0 Å². The molecule has 3 fully saturated rings. The highest BCUT2D eigenvalue weighted by Gasteiger charge is 2.48. The van der Waals surface area contributed by atoms with Crippen LogP contribution in [0.2, 0.25) is 0 Å².